The van der Waals surface area contributed by atoms with Gasteiger partial charge in [-0.3, -0.25) is 0 Å². The highest BCUT2D eigenvalue weighted by molar-refractivity contribution is 5.13. The lowest BCUT2D eigenvalue weighted by atomic mass is 9.46. The van der Waals surface area contributed by atoms with Crippen molar-refractivity contribution < 1.29 is 0 Å². The van der Waals surface area contributed by atoms with Crippen molar-refractivity contribution >= 4 is 0 Å². The minimum atomic E-state index is 0.669. The maximum absolute atomic E-state index is 2.44. The molecule has 2 bridgehead atoms. The van der Waals surface area contributed by atoms with Crippen LogP contribution < -0.4 is 0 Å². The van der Waals surface area contributed by atoms with E-state index in [2.05, 4.69) is 20.8 Å². The summed E-state index contributed by atoms with van der Waals surface area (Å²) in [6, 6.07) is 0. The molecule has 0 aliphatic heterocycles. The maximum atomic E-state index is 2.44. The van der Waals surface area contributed by atoms with Gasteiger partial charge in [0.2, 0.25) is 0 Å². The van der Waals surface area contributed by atoms with Gasteiger partial charge in [-0.15, -0.1) is 0 Å². The molecule has 0 N–H and O–H groups in total. The molecule has 0 spiro atoms. The van der Waals surface area contributed by atoms with E-state index in [9.17, 15) is 0 Å². The Balaban J connectivity index is 2.16. The van der Waals surface area contributed by atoms with E-state index >= 15 is 0 Å². The van der Waals surface area contributed by atoms with Gasteiger partial charge in [0.15, 0.2) is 0 Å². The first kappa shape index (κ1) is 6.57. The molecule has 56 valence electrons. The predicted molar refractivity (Wildman–Crippen MR) is 43.5 cm³/mol. The number of rotatable bonds is 0. The normalized spacial score (nSPS) is 42.9. The minimum Gasteiger partial charge on any atom is -0.0553 e. The SMILES string of the molecule is C[C+]1CCC2CC1C2(C)C. The highest BCUT2D eigenvalue weighted by atomic mass is 14.6. The largest absolute Gasteiger partial charge is 0.105 e. The summed E-state index contributed by atoms with van der Waals surface area (Å²) in [5, 5.41) is 0. The quantitative estimate of drug-likeness (QED) is 0.450. The van der Waals surface area contributed by atoms with Gasteiger partial charge in [-0.25, -0.2) is 0 Å². The summed E-state index contributed by atoms with van der Waals surface area (Å²) in [5.74, 6) is 3.81. The van der Waals surface area contributed by atoms with Gasteiger partial charge < -0.3 is 0 Å². The third-order valence-electron chi connectivity index (χ3n) is 3.95. The van der Waals surface area contributed by atoms with Crippen LogP contribution in [-0.2, 0) is 0 Å². The number of hydrogen-bond acceptors (Lipinski definition) is 0. The van der Waals surface area contributed by atoms with Crippen molar-refractivity contribution in [3.05, 3.63) is 5.92 Å². The minimum absolute atomic E-state index is 0.669. The molecule has 0 heterocycles. The molecule has 0 amide bonds. The first-order chi connectivity index (χ1) is 4.62. The molecule has 0 saturated heterocycles. The van der Waals surface area contributed by atoms with Crippen LogP contribution in [0, 0.1) is 23.2 Å². The van der Waals surface area contributed by atoms with E-state index in [-0.39, 0.29) is 0 Å². The van der Waals surface area contributed by atoms with Gasteiger partial charge >= 0.3 is 0 Å². The zero-order chi connectivity index (χ0) is 7.35. The zero-order valence-corrected chi connectivity index (χ0v) is 7.28. The number of hydrogen-bond donors (Lipinski definition) is 0. The molecule has 3 aliphatic rings. The van der Waals surface area contributed by atoms with E-state index in [4.69, 9.17) is 0 Å². The summed E-state index contributed by atoms with van der Waals surface area (Å²) >= 11 is 0. The van der Waals surface area contributed by atoms with Crippen molar-refractivity contribution in [2.24, 2.45) is 17.3 Å². The first-order valence-electron chi connectivity index (χ1n) is 4.44. The fourth-order valence-corrected chi connectivity index (χ4v) is 2.92. The molecule has 3 aliphatic carbocycles. The van der Waals surface area contributed by atoms with Gasteiger partial charge in [0.05, 0.1) is 19.3 Å². The lowest BCUT2D eigenvalue weighted by molar-refractivity contribution is -0.0465. The molecule has 3 saturated carbocycles. The van der Waals surface area contributed by atoms with Gasteiger partial charge in [-0.05, 0) is 18.8 Å². The molecule has 2 unspecified atom stereocenters. The third kappa shape index (κ3) is 0.601. The van der Waals surface area contributed by atoms with E-state index in [0.717, 1.165) is 11.8 Å². The van der Waals surface area contributed by atoms with Crippen molar-refractivity contribution in [1.82, 2.24) is 0 Å². The Labute approximate surface area is 64.0 Å². The van der Waals surface area contributed by atoms with Crippen molar-refractivity contribution in [2.75, 3.05) is 0 Å². The monoisotopic (exact) mass is 137 g/mol. The van der Waals surface area contributed by atoms with Gasteiger partial charge in [0.25, 0.3) is 0 Å². The van der Waals surface area contributed by atoms with Crippen molar-refractivity contribution in [3.8, 4) is 0 Å². The Morgan fingerprint density at radius 3 is 2.40 bits per heavy atom. The van der Waals surface area contributed by atoms with Crippen LogP contribution in [0.1, 0.15) is 40.0 Å². The number of fused-ring (bicyclic) bond motifs is 2. The maximum Gasteiger partial charge on any atom is 0.105 e. The second-order valence-electron chi connectivity index (χ2n) is 4.69. The summed E-state index contributed by atoms with van der Waals surface area (Å²) in [4.78, 5) is 0. The molecule has 0 aromatic carbocycles. The summed E-state index contributed by atoms with van der Waals surface area (Å²) < 4.78 is 0. The molecular weight excluding hydrogens is 120 g/mol. The molecule has 2 atom stereocenters. The van der Waals surface area contributed by atoms with Crippen LogP contribution in [0.15, 0.2) is 0 Å². The Bertz CT molecular complexity index is 144. The smallest absolute Gasteiger partial charge is 0.0553 e. The second-order valence-corrected chi connectivity index (χ2v) is 4.69. The molecule has 3 rings (SSSR count). The van der Waals surface area contributed by atoms with E-state index in [1.54, 1.807) is 5.92 Å². The molecule has 3 fully saturated rings. The molecule has 0 nitrogen and oxygen atoms in total. The van der Waals surface area contributed by atoms with E-state index in [1.807, 2.05) is 0 Å². The molecule has 10 heavy (non-hydrogen) atoms. The van der Waals surface area contributed by atoms with Gasteiger partial charge in [-0.2, -0.15) is 0 Å². The van der Waals surface area contributed by atoms with Crippen LogP contribution in [0.25, 0.3) is 0 Å². The lowest BCUT2D eigenvalue weighted by Crippen LogP contribution is -2.50. The predicted octanol–water partition coefficient (Wildman–Crippen LogP) is 3.04. The van der Waals surface area contributed by atoms with E-state index in [0.29, 0.717) is 5.41 Å². The molecule has 0 aromatic heterocycles. The van der Waals surface area contributed by atoms with Gasteiger partial charge in [0.1, 0.15) is 5.92 Å². The molecule has 0 heteroatoms. The van der Waals surface area contributed by atoms with Crippen LogP contribution in [0.5, 0.6) is 0 Å². The fourth-order valence-electron chi connectivity index (χ4n) is 2.92. The van der Waals surface area contributed by atoms with Crippen molar-refractivity contribution in [2.45, 2.75) is 40.0 Å². The lowest BCUT2D eigenvalue weighted by Gasteiger charge is -2.53. The Hall–Kier alpha value is -0.130. The standard InChI is InChI=1S/C10H17/c1-7-4-5-8-6-9(7)10(8,2)3/h8-9H,4-6H2,1-3H3/q+1. The van der Waals surface area contributed by atoms with E-state index < -0.39 is 0 Å². The third-order valence-corrected chi connectivity index (χ3v) is 3.95. The zero-order valence-electron chi connectivity index (χ0n) is 7.28. The summed E-state index contributed by atoms with van der Waals surface area (Å²) in [5.41, 5.74) is 0.669. The van der Waals surface area contributed by atoms with Crippen LogP contribution in [-0.4, -0.2) is 0 Å². The highest BCUT2D eigenvalue weighted by Crippen LogP contribution is 2.61. The Morgan fingerprint density at radius 2 is 2.10 bits per heavy atom. The van der Waals surface area contributed by atoms with Crippen LogP contribution in [0.3, 0.4) is 0 Å². The average Bonchev–Trinajstić information content (AvgIpc) is 1.87. The second kappa shape index (κ2) is 1.72. The van der Waals surface area contributed by atoms with Crippen LogP contribution in [0.4, 0.5) is 0 Å². The summed E-state index contributed by atoms with van der Waals surface area (Å²) in [6.45, 7) is 7.23. The Kier molecular flexibility index (Phi) is 1.13. The topological polar surface area (TPSA) is 0 Å². The van der Waals surface area contributed by atoms with E-state index in [1.165, 1.54) is 19.3 Å². The summed E-state index contributed by atoms with van der Waals surface area (Å²) in [7, 11) is 0. The van der Waals surface area contributed by atoms with Crippen molar-refractivity contribution in [1.29, 1.82) is 0 Å². The summed E-state index contributed by atoms with van der Waals surface area (Å²) in [6.07, 6.45) is 4.38. The average molecular weight is 137 g/mol. The van der Waals surface area contributed by atoms with Crippen molar-refractivity contribution in [3.63, 3.8) is 0 Å². The van der Waals surface area contributed by atoms with Crippen LogP contribution >= 0.6 is 0 Å². The molecular formula is C10H17+. The first-order valence-corrected chi connectivity index (χ1v) is 4.44. The molecule has 0 aromatic rings. The van der Waals surface area contributed by atoms with Gasteiger partial charge in [0, 0.05) is 5.41 Å². The fraction of sp³-hybridized carbons (Fsp3) is 0.900. The highest BCUT2D eigenvalue weighted by Gasteiger charge is 2.59. The van der Waals surface area contributed by atoms with Crippen LogP contribution in [0.2, 0.25) is 0 Å². The van der Waals surface area contributed by atoms with Gasteiger partial charge in [-0.1, -0.05) is 13.8 Å². The Morgan fingerprint density at radius 1 is 1.40 bits per heavy atom. The molecule has 0 radical (unpaired) electrons.